The van der Waals surface area contributed by atoms with Crippen LogP contribution in [0.4, 0.5) is 0 Å². The molecule has 0 radical (unpaired) electrons. The van der Waals surface area contributed by atoms with Gasteiger partial charge in [-0.15, -0.1) is 0 Å². The molecule has 0 aliphatic carbocycles. The van der Waals surface area contributed by atoms with Crippen LogP contribution in [0.5, 0.6) is 5.75 Å². The number of aromatic amines is 1. The Morgan fingerprint density at radius 2 is 2.18 bits per heavy atom. The number of hydrogen-bond donors (Lipinski definition) is 2. The summed E-state index contributed by atoms with van der Waals surface area (Å²) in [6, 6.07) is 5.83. The zero-order chi connectivity index (χ0) is 14.9. The molecule has 0 saturated carbocycles. The number of pyridine rings is 2. The number of hydrogen-bond acceptors (Lipinski definition) is 5. The summed E-state index contributed by atoms with van der Waals surface area (Å²) in [5.41, 5.74) is 2.05. The van der Waals surface area contributed by atoms with Gasteiger partial charge in [0.25, 0.3) is 0 Å². The van der Waals surface area contributed by atoms with Crippen LogP contribution < -0.4 is 10.1 Å². The molecule has 1 fully saturated rings. The van der Waals surface area contributed by atoms with E-state index in [-0.39, 0.29) is 6.10 Å². The van der Waals surface area contributed by atoms with Gasteiger partial charge < -0.3 is 15.0 Å². The molecular weight excluding hydrogens is 278 g/mol. The molecule has 2 N–H and O–H groups in total. The molecule has 6 heteroatoms. The number of piperidine rings is 1. The molecule has 0 amide bonds. The van der Waals surface area contributed by atoms with Crippen molar-refractivity contribution in [1.29, 1.82) is 5.26 Å². The second kappa shape index (κ2) is 5.28. The lowest BCUT2D eigenvalue weighted by atomic mass is 10.1. The van der Waals surface area contributed by atoms with Gasteiger partial charge in [-0.3, -0.25) is 0 Å². The van der Waals surface area contributed by atoms with Crippen LogP contribution in [0.2, 0.25) is 0 Å². The molecule has 110 valence electrons. The second-order valence-electron chi connectivity index (χ2n) is 5.51. The van der Waals surface area contributed by atoms with E-state index in [9.17, 15) is 0 Å². The maximum atomic E-state index is 9.01. The molecule has 0 bridgehead atoms. The Kier molecular flexibility index (Phi) is 3.13. The van der Waals surface area contributed by atoms with Crippen molar-refractivity contribution in [3.8, 4) is 11.8 Å². The molecule has 0 unspecified atom stereocenters. The number of nitrogens with zero attached hydrogens (tertiary/aromatic N) is 3. The highest BCUT2D eigenvalue weighted by Crippen LogP contribution is 2.27. The Balaban J connectivity index is 1.75. The number of ether oxygens (including phenoxy) is 1. The molecule has 0 spiro atoms. The van der Waals surface area contributed by atoms with Crippen molar-refractivity contribution in [1.82, 2.24) is 20.3 Å². The predicted octanol–water partition coefficient (Wildman–Crippen LogP) is 2.11. The maximum Gasteiger partial charge on any atom is 0.141 e. The van der Waals surface area contributed by atoms with Gasteiger partial charge in [0.15, 0.2) is 0 Å². The van der Waals surface area contributed by atoms with E-state index in [1.807, 2.05) is 6.07 Å². The average Bonchev–Trinajstić information content (AvgIpc) is 2.93. The number of nitrogens with one attached hydrogen (secondary N) is 2. The highest BCUT2D eigenvalue weighted by molar-refractivity contribution is 6.06. The Hall–Kier alpha value is -2.65. The number of H-pyrrole nitrogens is 1. The van der Waals surface area contributed by atoms with E-state index in [4.69, 9.17) is 10.00 Å². The third-order valence-corrected chi connectivity index (χ3v) is 3.98. The van der Waals surface area contributed by atoms with Crippen molar-refractivity contribution in [3.05, 3.63) is 30.2 Å². The molecule has 0 aromatic carbocycles. The topological polar surface area (TPSA) is 86.6 Å². The molecule has 1 atom stereocenters. The number of nitriles is 1. The van der Waals surface area contributed by atoms with Gasteiger partial charge in [0.2, 0.25) is 0 Å². The predicted molar refractivity (Wildman–Crippen MR) is 82.6 cm³/mol. The summed E-state index contributed by atoms with van der Waals surface area (Å²) >= 11 is 0. The van der Waals surface area contributed by atoms with E-state index >= 15 is 0 Å². The number of aromatic nitrogens is 3. The Bertz CT molecular complexity index is 873. The SMILES string of the molecule is N#Cc1cc2c(cn1)[nH]c1ncc(O[C@H]3CCCNC3)cc12. The molecule has 3 aromatic rings. The van der Waals surface area contributed by atoms with E-state index in [2.05, 4.69) is 26.3 Å². The van der Waals surface area contributed by atoms with E-state index in [0.717, 1.165) is 53.6 Å². The van der Waals surface area contributed by atoms with Crippen LogP contribution >= 0.6 is 0 Å². The van der Waals surface area contributed by atoms with Gasteiger partial charge in [-0.25, -0.2) is 9.97 Å². The lowest BCUT2D eigenvalue weighted by molar-refractivity contribution is 0.167. The van der Waals surface area contributed by atoms with E-state index in [1.54, 1.807) is 18.5 Å². The average molecular weight is 293 g/mol. The summed E-state index contributed by atoms with van der Waals surface area (Å²) in [6.07, 6.45) is 5.78. The number of fused-ring (bicyclic) bond motifs is 3. The van der Waals surface area contributed by atoms with Gasteiger partial charge in [-0.05, 0) is 31.5 Å². The van der Waals surface area contributed by atoms with Crippen LogP contribution in [0.3, 0.4) is 0 Å². The minimum absolute atomic E-state index is 0.189. The minimum atomic E-state index is 0.189. The molecular formula is C16H15N5O. The molecule has 4 heterocycles. The molecule has 1 aliphatic heterocycles. The van der Waals surface area contributed by atoms with Gasteiger partial charge in [-0.2, -0.15) is 5.26 Å². The summed E-state index contributed by atoms with van der Waals surface area (Å²) in [5.74, 6) is 0.761. The minimum Gasteiger partial charge on any atom is -0.487 e. The van der Waals surface area contributed by atoms with Crippen molar-refractivity contribution in [2.24, 2.45) is 0 Å². The molecule has 4 rings (SSSR count). The van der Waals surface area contributed by atoms with Crippen molar-refractivity contribution >= 4 is 21.9 Å². The summed E-state index contributed by atoms with van der Waals surface area (Å²) in [5, 5.41) is 14.2. The molecule has 1 saturated heterocycles. The highest BCUT2D eigenvalue weighted by atomic mass is 16.5. The monoisotopic (exact) mass is 293 g/mol. The summed E-state index contributed by atoms with van der Waals surface area (Å²) in [4.78, 5) is 11.7. The van der Waals surface area contributed by atoms with Crippen LogP contribution in [-0.2, 0) is 0 Å². The lowest BCUT2D eigenvalue weighted by Gasteiger charge is -2.23. The first-order valence-electron chi connectivity index (χ1n) is 7.38. The maximum absolute atomic E-state index is 9.01. The van der Waals surface area contributed by atoms with Gasteiger partial charge in [0.1, 0.15) is 29.3 Å². The van der Waals surface area contributed by atoms with Crippen LogP contribution in [-0.4, -0.2) is 34.1 Å². The second-order valence-corrected chi connectivity index (χ2v) is 5.51. The highest BCUT2D eigenvalue weighted by Gasteiger charge is 2.15. The Labute approximate surface area is 127 Å². The molecule has 6 nitrogen and oxygen atoms in total. The molecule has 1 aliphatic rings. The van der Waals surface area contributed by atoms with Crippen molar-refractivity contribution in [3.63, 3.8) is 0 Å². The van der Waals surface area contributed by atoms with Gasteiger partial charge in [0, 0.05) is 17.3 Å². The fourth-order valence-corrected chi connectivity index (χ4v) is 2.89. The van der Waals surface area contributed by atoms with E-state index in [0.29, 0.717) is 5.69 Å². The normalized spacial score (nSPS) is 18.4. The van der Waals surface area contributed by atoms with E-state index < -0.39 is 0 Å². The summed E-state index contributed by atoms with van der Waals surface area (Å²) in [7, 11) is 0. The molecule has 3 aromatic heterocycles. The first-order chi connectivity index (χ1) is 10.8. The Morgan fingerprint density at radius 1 is 1.23 bits per heavy atom. The summed E-state index contributed by atoms with van der Waals surface area (Å²) in [6.45, 7) is 1.93. The van der Waals surface area contributed by atoms with Crippen LogP contribution in [0.25, 0.3) is 21.9 Å². The van der Waals surface area contributed by atoms with E-state index in [1.165, 1.54) is 0 Å². The van der Waals surface area contributed by atoms with Gasteiger partial charge in [-0.1, -0.05) is 0 Å². The third-order valence-electron chi connectivity index (χ3n) is 3.98. The van der Waals surface area contributed by atoms with Crippen molar-refractivity contribution in [2.75, 3.05) is 13.1 Å². The van der Waals surface area contributed by atoms with Crippen molar-refractivity contribution in [2.45, 2.75) is 18.9 Å². The fourth-order valence-electron chi connectivity index (χ4n) is 2.89. The smallest absolute Gasteiger partial charge is 0.141 e. The lowest BCUT2D eigenvalue weighted by Crippen LogP contribution is -2.37. The first-order valence-corrected chi connectivity index (χ1v) is 7.38. The van der Waals surface area contributed by atoms with Gasteiger partial charge >= 0.3 is 0 Å². The Morgan fingerprint density at radius 3 is 3.00 bits per heavy atom. The first kappa shape index (κ1) is 13.0. The van der Waals surface area contributed by atoms with Crippen LogP contribution in [0, 0.1) is 11.3 Å². The fraction of sp³-hybridized carbons (Fsp3) is 0.312. The van der Waals surface area contributed by atoms with Crippen molar-refractivity contribution < 1.29 is 4.74 Å². The largest absolute Gasteiger partial charge is 0.487 e. The molecule has 22 heavy (non-hydrogen) atoms. The van der Waals surface area contributed by atoms with Crippen LogP contribution in [0.1, 0.15) is 18.5 Å². The number of rotatable bonds is 2. The van der Waals surface area contributed by atoms with Crippen LogP contribution in [0.15, 0.2) is 24.5 Å². The van der Waals surface area contributed by atoms with Gasteiger partial charge in [0.05, 0.1) is 17.9 Å². The summed E-state index contributed by atoms with van der Waals surface area (Å²) < 4.78 is 6.02. The third kappa shape index (κ3) is 2.26. The standard InChI is InChI=1S/C16H15N5O/c17-6-10-4-13-14-5-12(22-11-2-1-3-18-7-11)8-20-16(14)21-15(13)9-19-10/h4-5,8-9,11,18H,1-3,7H2,(H,20,21)/t11-/m0/s1. The quantitative estimate of drug-likeness (QED) is 0.755. The zero-order valence-electron chi connectivity index (χ0n) is 12.0. The zero-order valence-corrected chi connectivity index (χ0v) is 12.0.